The summed E-state index contributed by atoms with van der Waals surface area (Å²) in [4.78, 5) is 21.2. The van der Waals surface area contributed by atoms with Crippen molar-refractivity contribution < 1.29 is 4.79 Å². The highest BCUT2D eigenvalue weighted by Gasteiger charge is 2.07. The van der Waals surface area contributed by atoms with Crippen molar-refractivity contribution in [2.75, 3.05) is 11.9 Å². The van der Waals surface area contributed by atoms with E-state index >= 15 is 0 Å². The third kappa shape index (κ3) is 5.93. The third-order valence-electron chi connectivity index (χ3n) is 4.97. The van der Waals surface area contributed by atoms with Crippen LogP contribution in [-0.4, -0.2) is 22.4 Å². The molecule has 1 aromatic heterocycles. The minimum Gasteiger partial charge on any atom is -0.352 e. The van der Waals surface area contributed by atoms with E-state index in [4.69, 9.17) is 11.6 Å². The normalized spacial score (nSPS) is 10.5. The van der Waals surface area contributed by atoms with Gasteiger partial charge in [0.15, 0.2) is 0 Å². The number of carbonyl (C=O) groups excluding carboxylic acids is 1. The molecular weight excluding hydrogens is 420 g/mol. The van der Waals surface area contributed by atoms with Crippen LogP contribution in [0.25, 0.3) is 11.3 Å². The van der Waals surface area contributed by atoms with E-state index in [-0.39, 0.29) is 5.91 Å². The number of rotatable bonds is 8. The molecule has 0 unspecified atom stereocenters. The lowest BCUT2D eigenvalue weighted by molar-refractivity contribution is 0.0953. The van der Waals surface area contributed by atoms with E-state index in [9.17, 15) is 4.79 Å². The first kappa shape index (κ1) is 21.5. The monoisotopic (exact) mass is 442 g/mol. The van der Waals surface area contributed by atoms with Crippen LogP contribution in [0, 0.1) is 0 Å². The molecule has 1 heterocycles. The number of aromatic nitrogens is 2. The van der Waals surface area contributed by atoms with Crippen molar-refractivity contribution in [3.05, 3.63) is 107 Å². The average Bonchev–Trinajstić information content (AvgIpc) is 2.83. The van der Waals surface area contributed by atoms with Gasteiger partial charge in [0.25, 0.3) is 5.91 Å². The maximum Gasteiger partial charge on any atom is 0.251 e. The Hall–Kier alpha value is -3.70. The van der Waals surface area contributed by atoms with Gasteiger partial charge < -0.3 is 10.6 Å². The molecular formula is C26H23ClN4O. The Labute approximate surface area is 192 Å². The number of benzene rings is 3. The first-order valence-electron chi connectivity index (χ1n) is 10.5. The van der Waals surface area contributed by atoms with E-state index < -0.39 is 0 Å². The van der Waals surface area contributed by atoms with Crippen molar-refractivity contribution in [1.82, 2.24) is 15.3 Å². The van der Waals surface area contributed by atoms with Crippen LogP contribution in [0.3, 0.4) is 0 Å². The summed E-state index contributed by atoms with van der Waals surface area (Å²) in [5.74, 6) is 0.404. The lowest BCUT2D eigenvalue weighted by Crippen LogP contribution is -2.24. The number of nitrogens with one attached hydrogen (secondary N) is 2. The lowest BCUT2D eigenvalue weighted by Gasteiger charge is -2.09. The summed E-state index contributed by atoms with van der Waals surface area (Å²) in [6.45, 7) is 0.638. The number of halogens is 1. The maximum absolute atomic E-state index is 12.4. The molecule has 160 valence electrons. The number of aryl methyl sites for hydroxylation is 1. The molecule has 0 aliphatic heterocycles. The van der Waals surface area contributed by atoms with Crippen molar-refractivity contribution in [3.63, 3.8) is 0 Å². The van der Waals surface area contributed by atoms with Crippen LogP contribution in [0.5, 0.6) is 0 Å². The van der Waals surface area contributed by atoms with Gasteiger partial charge in [0, 0.05) is 34.6 Å². The van der Waals surface area contributed by atoms with Crippen molar-refractivity contribution in [1.29, 1.82) is 0 Å². The fourth-order valence-electron chi connectivity index (χ4n) is 3.28. The number of hydrogen-bond donors (Lipinski definition) is 2. The highest BCUT2D eigenvalue weighted by atomic mass is 35.5. The zero-order chi connectivity index (χ0) is 22.2. The van der Waals surface area contributed by atoms with Crippen LogP contribution >= 0.6 is 11.6 Å². The molecule has 4 aromatic rings. The molecule has 1 amide bonds. The predicted octanol–water partition coefficient (Wildman–Crippen LogP) is 5.90. The van der Waals surface area contributed by atoms with Crippen LogP contribution in [-0.2, 0) is 6.42 Å². The number of amides is 1. The van der Waals surface area contributed by atoms with Gasteiger partial charge in [-0.05, 0) is 60.9 Å². The number of hydrogen-bond acceptors (Lipinski definition) is 4. The first-order valence-corrected chi connectivity index (χ1v) is 10.8. The molecule has 0 saturated heterocycles. The van der Waals surface area contributed by atoms with Crippen LogP contribution in [0.15, 0.2) is 91.1 Å². The second kappa shape index (κ2) is 10.6. The van der Waals surface area contributed by atoms with E-state index in [1.165, 1.54) is 5.56 Å². The molecule has 0 spiro atoms. The number of carbonyl (C=O) groups is 1. The van der Waals surface area contributed by atoms with Gasteiger partial charge in [-0.3, -0.25) is 4.79 Å². The molecule has 2 N–H and O–H groups in total. The Bertz CT molecular complexity index is 1160. The Balaban J connectivity index is 1.31. The molecule has 0 aliphatic carbocycles. The lowest BCUT2D eigenvalue weighted by atomic mass is 10.1. The Morgan fingerprint density at radius 2 is 1.62 bits per heavy atom. The Morgan fingerprint density at radius 3 is 2.38 bits per heavy atom. The van der Waals surface area contributed by atoms with Crippen LogP contribution in [0.4, 0.5) is 11.6 Å². The van der Waals surface area contributed by atoms with Crippen LogP contribution in [0.1, 0.15) is 22.3 Å². The standard InChI is InChI=1S/C26H23ClN4O/c27-22-12-8-20(9-13-22)24-16-18-29-26(31-24)30-23-14-10-21(11-15-23)25(32)28-17-4-7-19-5-2-1-3-6-19/h1-3,5-6,8-16,18H,4,7,17H2,(H,28,32)(H,29,30,31). The summed E-state index contributed by atoms with van der Waals surface area (Å²) in [5, 5.41) is 6.84. The maximum atomic E-state index is 12.4. The average molecular weight is 443 g/mol. The molecule has 0 saturated carbocycles. The van der Waals surface area contributed by atoms with Crippen LogP contribution < -0.4 is 10.6 Å². The molecule has 3 aromatic carbocycles. The van der Waals surface area contributed by atoms with Gasteiger partial charge in [-0.25, -0.2) is 9.97 Å². The van der Waals surface area contributed by atoms with E-state index in [2.05, 4.69) is 32.7 Å². The largest absolute Gasteiger partial charge is 0.352 e. The summed E-state index contributed by atoms with van der Waals surface area (Å²) in [5.41, 5.74) is 4.45. The van der Waals surface area contributed by atoms with E-state index in [0.29, 0.717) is 23.1 Å². The fourth-order valence-corrected chi connectivity index (χ4v) is 3.40. The Morgan fingerprint density at radius 1 is 0.875 bits per heavy atom. The first-order chi connectivity index (χ1) is 15.7. The fraction of sp³-hybridized carbons (Fsp3) is 0.115. The van der Waals surface area contributed by atoms with Gasteiger partial charge in [0.05, 0.1) is 5.69 Å². The molecule has 0 bridgehead atoms. The summed E-state index contributed by atoms with van der Waals surface area (Å²) in [6.07, 6.45) is 3.55. The molecule has 4 rings (SSSR count). The molecule has 0 atom stereocenters. The highest BCUT2D eigenvalue weighted by molar-refractivity contribution is 6.30. The smallest absolute Gasteiger partial charge is 0.251 e. The zero-order valence-corrected chi connectivity index (χ0v) is 18.2. The van der Waals surface area contributed by atoms with Crippen molar-refractivity contribution >= 4 is 29.1 Å². The van der Waals surface area contributed by atoms with Gasteiger partial charge in [0.1, 0.15) is 0 Å². The molecule has 0 aliphatic rings. The quantitative estimate of drug-likeness (QED) is 0.333. The van der Waals surface area contributed by atoms with Crippen molar-refractivity contribution in [2.24, 2.45) is 0 Å². The van der Waals surface area contributed by atoms with Gasteiger partial charge in [-0.2, -0.15) is 0 Å². The highest BCUT2D eigenvalue weighted by Crippen LogP contribution is 2.21. The minimum absolute atomic E-state index is 0.0782. The van der Waals surface area contributed by atoms with E-state index in [1.54, 1.807) is 18.3 Å². The van der Waals surface area contributed by atoms with Crippen LogP contribution in [0.2, 0.25) is 5.02 Å². The topological polar surface area (TPSA) is 66.9 Å². The van der Waals surface area contributed by atoms with Gasteiger partial charge in [-0.15, -0.1) is 0 Å². The van der Waals surface area contributed by atoms with Gasteiger partial charge in [0.2, 0.25) is 5.95 Å². The number of anilines is 2. The zero-order valence-electron chi connectivity index (χ0n) is 17.5. The van der Waals surface area contributed by atoms with E-state index in [1.807, 2.05) is 60.7 Å². The minimum atomic E-state index is -0.0782. The summed E-state index contributed by atoms with van der Waals surface area (Å²) in [7, 11) is 0. The van der Waals surface area contributed by atoms with Gasteiger partial charge >= 0.3 is 0 Å². The molecule has 0 fully saturated rings. The van der Waals surface area contributed by atoms with Gasteiger partial charge in [-0.1, -0.05) is 54.1 Å². The molecule has 32 heavy (non-hydrogen) atoms. The summed E-state index contributed by atoms with van der Waals surface area (Å²) in [6, 6.07) is 26.9. The van der Waals surface area contributed by atoms with Crippen molar-refractivity contribution in [2.45, 2.75) is 12.8 Å². The second-order valence-corrected chi connectivity index (χ2v) is 7.76. The summed E-state index contributed by atoms with van der Waals surface area (Å²) >= 11 is 5.96. The molecule has 5 nitrogen and oxygen atoms in total. The molecule has 6 heteroatoms. The predicted molar refractivity (Wildman–Crippen MR) is 129 cm³/mol. The van der Waals surface area contributed by atoms with E-state index in [0.717, 1.165) is 29.8 Å². The summed E-state index contributed by atoms with van der Waals surface area (Å²) < 4.78 is 0. The van der Waals surface area contributed by atoms with Crippen molar-refractivity contribution in [3.8, 4) is 11.3 Å². The number of nitrogens with zero attached hydrogens (tertiary/aromatic N) is 2. The second-order valence-electron chi connectivity index (χ2n) is 7.32. The molecule has 0 radical (unpaired) electrons. The third-order valence-corrected chi connectivity index (χ3v) is 5.22. The Kier molecular flexibility index (Phi) is 7.10. The SMILES string of the molecule is O=C(NCCCc1ccccc1)c1ccc(Nc2nccc(-c3ccc(Cl)cc3)n2)cc1.